The zero-order valence-electron chi connectivity index (χ0n) is 16.4. The van der Waals surface area contributed by atoms with Crippen molar-refractivity contribution in [3.05, 3.63) is 78.0 Å². The Hall–Kier alpha value is -3.22. The maximum atomic E-state index is 11.6. The Labute approximate surface area is 179 Å². The van der Waals surface area contributed by atoms with Crippen molar-refractivity contribution in [1.29, 1.82) is 0 Å². The van der Waals surface area contributed by atoms with E-state index < -0.39 is 0 Å². The summed E-state index contributed by atoms with van der Waals surface area (Å²) in [6, 6.07) is 20.9. The second-order valence-corrected chi connectivity index (χ2v) is 8.68. The van der Waals surface area contributed by atoms with Crippen LogP contribution in [0.1, 0.15) is 11.1 Å². The minimum Gasteiger partial charge on any atom is -0.360 e. The molecule has 1 amide bonds. The van der Waals surface area contributed by atoms with E-state index >= 15 is 0 Å². The Kier molecular flexibility index (Phi) is 4.94. The van der Waals surface area contributed by atoms with Gasteiger partial charge in [0, 0.05) is 24.5 Å². The summed E-state index contributed by atoms with van der Waals surface area (Å²) in [6.45, 7) is 0.655. The summed E-state index contributed by atoms with van der Waals surface area (Å²) in [4.78, 5) is 17.1. The predicted molar refractivity (Wildman–Crippen MR) is 124 cm³/mol. The van der Waals surface area contributed by atoms with Gasteiger partial charge in [-0.1, -0.05) is 59.9 Å². The highest BCUT2D eigenvalue weighted by atomic mass is 32.1. The van der Waals surface area contributed by atoms with Crippen molar-refractivity contribution >= 4 is 38.8 Å². The second kappa shape index (κ2) is 7.89. The fraction of sp³-hybridized carbons (Fsp3) is 0.167. The first-order valence-corrected chi connectivity index (χ1v) is 10.8. The molecule has 0 spiro atoms. The van der Waals surface area contributed by atoms with Crippen LogP contribution < -0.4 is 16.4 Å². The lowest BCUT2D eigenvalue weighted by Crippen LogP contribution is -2.31. The summed E-state index contributed by atoms with van der Waals surface area (Å²) < 4.78 is 0. The average Bonchev–Trinajstić information content (AvgIpc) is 3.37. The smallest absolute Gasteiger partial charge is 0.228 e. The molecule has 150 valence electrons. The number of nitrogens with one attached hydrogen (secondary N) is 2. The van der Waals surface area contributed by atoms with E-state index in [1.807, 2.05) is 18.3 Å². The Bertz CT molecular complexity index is 1230. The first-order chi connectivity index (χ1) is 14.6. The van der Waals surface area contributed by atoms with Gasteiger partial charge in [0.15, 0.2) is 5.13 Å². The highest BCUT2D eigenvalue weighted by molar-refractivity contribution is 7.18. The van der Waals surface area contributed by atoms with Crippen molar-refractivity contribution in [2.75, 3.05) is 17.2 Å². The lowest BCUT2D eigenvalue weighted by molar-refractivity contribution is -0.115. The molecule has 0 fully saturated rings. The maximum Gasteiger partial charge on any atom is 0.228 e. The first-order valence-electron chi connectivity index (χ1n) is 10.0. The van der Waals surface area contributed by atoms with Crippen LogP contribution in [0.15, 0.2) is 66.9 Å². The lowest BCUT2D eigenvalue weighted by Gasteiger charge is -2.13. The van der Waals surface area contributed by atoms with Crippen LogP contribution in [-0.2, 0) is 17.6 Å². The molecule has 1 aromatic heterocycles. The topological polar surface area (TPSA) is 80.0 Å². The van der Waals surface area contributed by atoms with E-state index in [0.717, 1.165) is 33.2 Å². The first kappa shape index (κ1) is 18.8. The molecule has 1 aliphatic heterocycles. The molecule has 4 N–H and O–H groups in total. The van der Waals surface area contributed by atoms with Gasteiger partial charge in [-0.15, -0.1) is 0 Å². The number of nitrogens with zero attached hydrogens (tertiary/aromatic N) is 1. The van der Waals surface area contributed by atoms with Gasteiger partial charge in [-0.2, -0.15) is 0 Å². The third kappa shape index (κ3) is 3.92. The van der Waals surface area contributed by atoms with Gasteiger partial charge in [0.25, 0.3) is 0 Å². The van der Waals surface area contributed by atoms with Crippen molar-refractivity contribution in [2.24, 2.45) is 5.73 Å². The van der Waals surface area contributed by atoms with Gasteiger partial charge in [-0.05, 0) is 46.0 Å². The molecule has 2 heterocycles. The quantitative estimate of drug-likeness (QED) is 0.436. The van der Waals surface area contributed by atoms with Crippen molar-refractivity contribution in [1.82, 2.24) is 4.98 Å². The molecule has 6 heteroatoms. The molecule has 1 atom stereocenters. The number of carbonyl (C=O) groups is 1. The largest absolute Gasteiger partial charge is 0.360 e. The molecule has 0 aliphatic carbocycles. The van der Waals surface area contributed by atoms with Crippen molar-refractivity contribution in [3.63, 3.8) is 0 Å². The standard InChI is InChI=1S/C24H22N4OS/c25-20(10-15-5-6-16-3-1-2-4-17(16)9-15)13-26-24-27-14-22(30-24)18-7-8-21-19(11-18)12-23(29)28-21/h1-9,11,14,20H,10,12-13,25H2,(H,26,27)(H,28,29). The van der Waals surface area contributed by atoms with E-state index in [1.54, 1.807) is 11.3 Å². The minimum atomic E-state index is -0.00408. The van der Waals surface area contributed by atoms with Crippen LogP contribution in [-0.4, -0.2) is 23.5 Å². The van der Waals surface area contributed by atoms with Gasteiger partial charge in [0.2, 0.25) is 5.91 Å². The monoisotopic (exact) mass is 414 g/mol. The van der Waals surface area contributed by atoms with Gasteiger partial charge in [0.05, 0.1) is 11.3 Å². The number of carbonyl (C=O) groups excluding carboxylic acids is 1. The molecule has 3 aromatic carbocycles. The Morgan fingerprint density at radius 1 is 1.10 bits per heavy atom. The van der Waals surface area contributed by atoms with Crippen molar-refractivity contribution < 1.29 is 4.79 Å². The Morgan fingerprint density at radius 2 is 1.97 bits per heavy atom. The van der Waals surface area contributed by atoms with Crippen molar-refractivity contribution in [2.45, 2.75) is 18.9 Å². The number of aromatic nitrogens is 1. The molecule has 0 radical (unpaired) electrons. The van der Waals surface area contributed by atoms with Crippen LogP contribution in [0.25, 0.3) is 21.2 Å². The van der Waals surface area contributed by atoms with E-state index in [-0.39, 0.29) is 11.9 Å². The minimum absolute atomic E-state index is 0.00408. The normalized spacial score (nSPS) is 13.8. The van der Waals surface area contributed by atoms with Crippen LogP contribution in [0, 0.1) is 0 Å². The van der Waals surface area contributed by atoms with E-state index in [0.29, 0.717) is 13.0 Å². The number of anilines is 2. The number of benzene rings is 3. The average molecular weight is 415 g/mol. The molecule has 0 bridgehead atoms. The molecular formula is C24H22N4OS. The molecule has 5 rings (SSSR count). The molecule has 4 aromatic rings. The zero-order valence-corrected chi connectivity index (χ0v) is 17.2. The SMILES string of the molecule is NC(CNc1ncc(-c2ccc3c(c2)CC(=O)N3)s1)Cc1ccc2ccccc2c1. The zero-order chi connectivity index (χ0) is 20.5. The fourth-order valence-corrected chi connectivity index (χ4v) is 4.65. The van der Waals surface area contributed by atoms with Gasteiger partial charge < -0.3 is 16.4 Å². The van der Waals surface area contributed by atoms with Gasteiger partial charge in [-0.3, -0.25) is 4.79 Å². The molecule has 0 saturated heterocycles. The summed E-state index contributed by atoms with van der Waals surface area (Å²) in [5, 5.41) is 9.58. The number of amides is 1. The molecule has 30 heavy (non-hydrogen) atoms. The van der Waals surface area contributed by atoms with Crippen LogP contribution in [0.5, 0.6) is 0 Å². The number of thiazole rings is 1. The van der Waals surface area contributed by atoms with Gasteiger partial charge in [-0.25, -0.2) is 4.98 Å². The maximum absolute atomic E-state index is 11.6. The summed E-state index contributed by atoms with van der Waals surface area (Å²) >= 11 is 1.60. The molecule has 1 aliphatic rings. The summed E-state index contributed by atoms with van der Waals surface area (Å²) in [5.74, 6) is 0.0502. The summed E-state index contributed by atoms with van der Waals surface area (Å²) in [7, 11) is 0. The van der Waals surface area contributed by atoms with E-state index in [2.05, 4.69) is 64.1 Å². The third-order valence-electron chi connectivity index (χ3n) is 5.35. The van der Waals surface area contributed by atoms with Crippen LogP contribution in [0.4, 0.5) is 10.8 Å². The van der Waals surface area contributed by atoms with E-state index in [1.165, 1.54) is 16.3 Å². The lowest BCUT2D eigenvalue weighted by atomic mass is 10.0. The van der Waals surface area contributed by atoms with Crippen LogP contribution in [0.2, 0.25) is 0 Å². The second-order valence-electron chi connectivity index (χ2n) is 7.65. The highest BCUT2D eigenvalue weighted by Crippen LogP contribution is 2.33. The number of fused-ring (bicyclic) bond motifs is 2. The van der Waals surface area contributed by atoms with Crippen molar-refractivity contribution in [3.8, 4) is 10.4 Å². The van der Waals surface area contributed by atoms with Gasteiger partial charge in [0.1, 0.15) is 0 Å². The number of hydrogen-bond donors (Lipinski definition) is 3. The third-order valence-corrected chi connectivity index (χ3v) is 6.35. The molecular weight excluding hydrogens is 392 g/mol. The Morgan fingerprint density at radius 3 is 2.87 bits per heavy atom. The molecule has 5 nitrogen and oxygen atoms in total. The van der Waals surface area contributed by atoms with Crippen LogP contribution >= 0.6 is 11.3 Å². The van der Waals surface area contributed by atoms with Crippen LogP contribution in [0.3, 0.4) is 0 Å². The van der Waals surface area contributed by atoms with E-state index in [4.69, 9.17) is 5.73 Å². The number of rotatable bonds is 6. The predicted octanol–water partition coefficient (Wildman–Crippen LogP) is 4.44. The summed E-state index contributed by atoms with van der Waals surface area (Å²) in [5.41, 5.74) is 10.6. The number of nitrogens with two attached hydrogens (primary N) is 1. The fourth-order valence-electron chi connectivity index (χ4n) is 3.83. The van der Waals surface area contributed by atoms with E-state index in [9.17, 15) is 4.79 Å². The number of hydrogen-bond acceptors (Lipinski definition) is 5. The van der Waals surface area contributed by atoms with Gasteiger partial charge >= 0.3 is 0 Å². The highest BCUT2D eigenvalue weighted by Gasteiger charge is 2.18. The molecule has 1 unspecified atom stereocenters. The molecule has 0 saturated carbocycles. The Balaban J connectivity index is 1.21. The summed E-state index contributed by atoms with van der Waals surface area (Å²) in [6.07, 6.45) is 3.12.